The van der Waals surface area contributed by atoms with Crippen LogP contribution in [0.25, 0.3) is 0 Å². The van der Waals surface area contributed by atoms with Gasteiger partial charge in [-0.15, -0.1) is 0 Å². The summed E-state index contributed by atoms with van der Waals surface area (Å²) in [6.07, 6.45) is 0. The molecule has 0 spiro atoms. The number of hydrogen-bond acceptors (Lipinski definition) is 2. The average molecular weight is 396 g/mol. The Labute approximate surface area is 158 Å². The lowest BCUT2D eigenvalue weighted by Gasteiger charge is -2.12. The molecule has 3 rings (SSSR count). The molecule has 0 saturated heterocycles. The van der Waals surface area contributed by atoms with Gasteiger partial charge in [0, 0.05) is 16.7 Å². The summed E-state index contributed by atoms with van der Waals surface area (Å²) in [5, 5.41) is 3.52. The summed E-state index contributed by atoms with van der Waals surface area (Å²) in [4.78, 5) is 0. The van der Waals surface area contributed by atoms with Crippen molar-refractivity contribution in [3.8, 4) is 5.75 Å². The highest BCUT2D eigenvalue weighted by molar-refractivity contribution is 9.10. The minimum absolute atomic E-state index is 0.571. The van der Waals surface area contributed by atoms with Crippen molar-refractivity contribution >= 4 is 21.6 Å². The Balaban J connectivity index is 1.61. The lowest BCUT2D eigenvalue weighted by atomic mass is 10.1. The molecule has 3 aromatic rings. The van der Waals surface area contributed by atoms with Gasteiger partial charge in [-0.25, -0.2) is 0 Å². The van der Waals surface area contributed by atoms with Gasteiger partial charge < -0.3 is 10.1 Å². The largest absolute Gasteiger partial charge is 0.489 e. The third-order valence-corrected chi connectivity index (χ3v) is 4.83. The molecule has 3 aromatic carbocycles. The average Bonchev–Trinajstić information content (AvgIpc) is 2.63. The number of rotatable bonds is 6. The summed E-state index contributed by atoms with van der Waals surface area (Å²) in [6.45, 7) is 5.63. The maximum Gasteiger partial charge on any atom is 0.120 e. The molecule has 0 aliphatic heterocycles. The summed E-state index contributed by atoms with van der Waals surface area (Å²) in [7, 11) is 0. The first-order valence-corrected chi connectivity index (χ1v) is 9.17. The standard InChI is InChI=1S/C22H22BrNO/c1-16-5-3-8-22(17(16)2)24-14-19-6-4-7-21(13-19)25-15-18-9-11-20(23)12-10-18/h3-13,24H,14-15H2,1-2H3. The Hall–Kier alpha value is -2.26. The molecule has 128 valence electrons. The maximum atomic E-state index is 5.92. The quantitative estimate of drug-likeness (QED) is 0.531. The maximum absolute atomic E-state index is 5.92. The van der Waals surface area contributed by atoms with Crippen molar-refractivity contribution in [1.29, 1.82) is 0 Å². The minimum Gasteiger partial charge on any atom is -0.489 e. The van der Waals surface area contributed by atoms with E-state index in [1.54, 1.807) is 0 Å². The lowest BCUT2D eigenvalue weighted by molar-refractivity contribution is 0.306. The van der Waals surface area contributed by atoms with E-state index in [4.69, 9.17) is 4.74 Å². The minimum atomic E-state index is 0.571. The molecule has 0 saturated carbocycles. The number of halogens is 1. The third-order valence-electron chi connectivity index (χ3n) is 4.30. The van der Waals surface area contributed by atoms with Crippen molar-refractivity contribution < 1.29 is 4.74 Å². The summed E-state index contributed by atoms with van der Waals surface area (Å²) in [6, 6.07) is 22.8. The number of benzene rings is 3. The van der Waals surface area contributed by atoms with Gasteiger partial charge in [-0.1, -0.05) is 52.3 Å². The summed E-state index contributed by atoms with van der Waals surface area (Å²) in [5.74, 6) is 0.892. The van der Waals surface area contributed by atoms with E-state index < -0.39 is 0 Å². The molecule has 0 heterocycles. The van der Waals surface area contributed by atoms with Gasteiger partial charge in [-0.3, -0.25) is 0 Å². The zero-order valence-electron chi connectivity index (χ0n) is 14.6. The summed E-state index contributed by atoms with van der Waals surface area (Å²) in [5.41, 5.74) is 6.14. The molecular formula is C22H22BrNO. The molecule has 0 aliphatic carbocycles. The fourth-order valence-electron chi connectivity index (χ4n) is 2.63. The number of nitrogens with one attached hydrogen (secondary N) is 1. The van der Waals surface area contributed by atoms with Gasteiger partial charge in [-0.05, 0) is 66.4 Å². The normalized spacial score (nSPS) is 10.5. The van der Waals surface area contributed by atoms with E-state index in [1.165, 1.54) is 22.4 Å². The lowest BCUT2D eigenvalue weighted by Crippen LogP contribution is -2.02. The van der Waals surface area contributed by atoms with Crippen molar-refractivity contribution in [2.75, 3.05) is 5.32 Å². The van der Waals surface area contributed by atoms with E-state index >= 15 is 0 Å². The smallest absolute Gasteiger partial charge is 0.120 e. The third kappa shape index (κ3) is 4.86. The molecule has 25 heavy (non-hydrogen) atoms. The highest BCUT2D eigenvalue weighted by Crippen LogP contribution is 2.21. The Kier molecular flexibility index (Phi) is 5.77. The summed E-state index contributed by atoms with van der Waals surface area (Å²) < 4.78 is 7.00. The van der Waals surface area contributed by atoms with Crippen LogP contribution in [-0.2, 0) is 13.2 Å². The number of hydrogen-bond donors (Lipinski definition) is 1. The first kappa shape index (κ1) is 17.6. The molecule has 0 aliphatic rings. The second kappa shape index (κ2) is 8.21. The van der Waals surface area contributed by atoms with E-state index in [9.17, 15) is 0 Å². The predicted molar refractivity (Wildman–Crippen MR) is 108 cm³/mol. The van der Waals surface area contributed by atoms with Gasteiger partial charge in [0.05, 0.1) is 0 Å². The van der Waals surface area contributed by atoms with Crippen LogP contribution in [-0.4, -0.2) is 0 Å². The molecule has 0 aromatic heterocycles. The highest BCUT2D eigenvalue weighted by Gasteiger charge is 2.02. The van der Waals surface area contributed by atoms with E-state index in [0.29, 0.717) is 6.61 Å². The van der Waals surface area contributed by atoms with Crippen LogP contribution in [0.2, 0.25) is 0 Å². The molecule has 0 unspecified atom stereocenters. The zero-order valence-corrected chi connectivity index (χ0v) is 16.1. The first-order valence-electron chi connectivity index (χ1n) is 8.38. The van der Waals surface area contributed by atoms with Crippen LogP contribution in [0.1, 0.15) is 22.3 Å². The molecule has 1 N–H and O–H groups in total. The SMILES string of the molecule is Cc1cccc(NCc2cccc(OCc3ccc(Br)cc3)c2)c1C. The number of ether oxygens (including phenoxy) is 1. The molecule has 0 radical (unpaired) electrons. The molecule has 0 amide bonds. The van der Waals surface area contributed by atoms with Gasteiger partial charge in [0.25, 0.3) is 0 Å². The van der Waals surface area contributed by atoms with Crippen LogP contribution in [0.4, 0.5) is 5.69 Å². The topological polar surface area (TPSA) is 21.3 Å². The molecule has 2 nitrogen and oxygen atoms in total. The van der Waals surface area contributed by atoms with Gasteiger partial charge >= 0.3 is 0 Å². The van der Waals surface area contributed by atoms with E-state index in [2.05, 4.69) is 77.6 Å². The first-order chi connectivity index (χ1) is 12.1. The Morgan fingerprint density at radius 3 is 2.44 bits per heavy atom. The molecular weight excluding hydrogens is 374 g/mol. The van der Waals surface area contributed by atoms with Gasteiger partial charge in [0.2, 0.25) is 0 Å². The summed E-state index contributed by atoms with van der Waals surface area (Å²) >= 11 is 3.45. The van der Waals surface area contributed by atoms with Gasteiger partial charge in [0.1, 0.15) is 12.4 Å². The van der Waals surface area contributed by atoms with Crippen LogP contribution < -0.4 is 10.1 Å². The monoisotopic (exact) mass is 395 g/mol. The zero-order chi connectivity index (χ0) is 17.6. The Morgan fingerprint density at radius 1 is 0.880 bits per heavy atom. The van der Waals surface area contributed by atoms with Crippen molar-refractivity contribution in [1.82, 2.24) is 0 Å². The molecule has 0 fully saturated rings. The van der Waals surface area contributed by atoms with E-state index in [0.717, 1.165) is 22.3 Å². The highest BCUT2D eigenvalue weighted by atomic mass is 79.9. The van der Waals surface area contributed by atoms with Crippen LogP contribution in [0.3, 0.4) is 0 Å². The Morgan fingerprint density at radius 2 is 1.64 bits per heavy atom. The van der Waals surface area contributed by atoms with Crippen LogP contribution in [0.5, 0.6) is 5.75 Å². The second-order valence-electron chi connectivity index (χ2n) is 6.16. The molecule has 0 bridgehead atoms. The van der Waals surface area contributed by atoms with Crippen molar-refractivity contribution in [2.24, 2.45) is 0 Å². The van der Waals surface area contributed by atoms with Crippen molar-refractivity contribution in [3.63, 3.8) is 0 Å². The molecule has 3 heteroatoms. The fourth-order valence-corrected chi connectivity index (χ4v) is 2.90. The van der Waals surface area contributed by atoms with Crippen LogP contribution in [0.15, 0.2) is 71.2 Å². The molecule has 0 atom stereocenters. The van der Waals surface area contributed by atoms with Gasteiger partial charge in [0.15, 0.2) is 0 Å². The van der Waals surface area contributed by atoms with Crippen molar-refractivity contribution in [3.05, 3.63) is 93.5 Å². The van der Waals surface area contributed by atoms with Crippen LogP contribution >= 0.6 is 15.9 Å². The number of anilines is 1. The van der Waals surface area contributed by atoms with E-state index in [1.807, 2.05) is 24.3 Å². The van der Waals surface area contributed by atoms with Crippen molar-refractivity contribution in [2.45, 2.75) is 27.0 Å². The van der Waals surface area contributed by atoms with Crippen LogP contribution in [0, 0.1) is 13.8 Å². The van der Waals surface area contributed by atoms with Gasteiger partial charge in [-0.2, -0.15) is 0 Å². The Bertz CT molecular complexity index is 843. The van der Waals surface area contributed by atoms with E-state index in [-0.39, 0.29) is 0 Å². The fraction of sp³-hybridized carbons (Fsp3) is 0.182. The second-order valence-corrected chi connectivity index (χ2v) is 7.08. The predicted octanol–water partition coefficient (Wildman–Crippen LogP) is 6.26. The number of aryl methyl sites for hydroxylation is 1.